The molecule has 2 N–H and O–H groups in total. The van der Waals surface area contributed by atoms with Gasteiger partial charge in [-0.2, -0.15) is 0 Å². The van der Waals surface area contributed by atoms with E-state index in [1.807, 2.05) is 63.2 Å². The zero-order chi connectivity index (χ0) is 106. The van der Waals surface area contributed by atoms with Gasteiger partial charge in [-0.3, -0.25) is 9.59 Å². The summed E-state index contributed by atoms with van der Waals surface area (Å²) >= 11 is 0. The van der Waals surface area contributed by atoms with Gasteiger partial charge in [-0.1, -0.05) is 92.5 Å². The number of aliphatic hydroxyl groups is 2. The minimum atomic E-state index is -1.23. The van der Waals surface area contributed by atoms with Crippen LogP contribution >= 0.6 is 0 Å². The third kappa shape index (κ3) is 85.0. The third-order valence-corrected chi connectivity index (χ3v) is 19.3. The van der Waals surface area contributed by atoms with E-state index in [0.29, 0.717) is 348 Å². The molecule has 0 amide bonds. The second-order valence-electron chi connectivity index (χ2n) is 31.8. The van der Waals surface area contributed by atoms with Crippen LogP contribution in [0.15, 0.2) is 136 Å². The molecule has 4 aromatic rings. The van der Waals surface area contributed by atoms with Crippen LogP contribution < -0.4 is 0 Å². The van der Waals surface area contributed by atoms with E-state index >= 15 is 0 Å². The van der Waals surface area contributed by atoms with Crippen LogP contribution in [0.25, 0.3) is 33.4 Å². The number of allylic oxidation sites excluding steroid dienone is 3. The van der Waals surface area contributed by atoms with Crippen LogP contribution in [-0.4, -0.2) is 429 Å². The van der Waals surface area contributed by atoms with Crippen molar-refractivity contribution in [1.82, 2.24) is 0 Å². The standard InChI is InChI=1S/C26H46O10.3C26H42O8.C4H6O3/c1-25(27,21-35-18-16-33-14-12-31-10-8-29-3)23-6-5-7-24(20-23)26(2,28)22-36-19-17-34-15-13-32-11-9-30-4;3*1-23(21-33-18-16-31-14-12-29-10-8-27-3)25-6-5-7-26(20-25)24(2)22-34-19-17-32-15-13-30-11-9-28-4;1-3(5)7-4(2)6/h5-7,20,27-28H,8-19,21-22H2,1-4H3;5-7,20-22H,8-19H2,1-4H3;5-7,20,22H,1,8-19,21H2,2-4H3;5-7,20H,1-2,8-19,21-22H2,3-4H3;1-2H3. The number of esters is 2. The van der Waals surface area contributed by atoms with Crippen LogP contribution in [0.3, 0.4) is 0 Å². The zero-order valence-electron chi connectivity index (χ0n) is 89.8. The summed E-state index contributed by atoms with van der Waals surface area (Å²) in [7, 11) is 13.2. The Morgan fingerprint density at radius 2 is 0.400 bits per heavy atom. The molecule has 0 aliphatic rings. The second kappa shape index (κ2) is 101. The van der Waals surface area contributed by atoms with Gasteiger partial charge in [0.1, 0.15) is 31.0 Å². The van der Waals surface area contributed by atoms with E-state index < -0.39 is 23.1 Å². The van der Waals surface area contributed by atoms with Gasteiger partial charge in [-0.15, -0.1) is 0 Å². The smallest absolute Gasteiger partial charge is 0.310 e. The van der Waals surface area contributed by atoms with Crippen molar-refractivity contribution in [3.05, 3.63) is 180 Å². The lowest BCUT2D eigenvalue weighted by Crippen LogP contribution is -2.31. The van der Waals surface area contributed by atoms with Gasteiger partial charge in [0.15, 0.2) is 0 Å². The van der Waals surface area contributed by atoms with Gasteiger partial charge in [0, 0.05) is 70.7 Å². The van der Waals surface area contributed by atoms with Gasteiger partial charge in [-0.05, 0) is 137 Å². The molecule has 145 heavy (non-hydrogen) atoms. The van der Waals surface area contributed by atoms with Gasteiger partial charge in [0.25, 0.3) is 0 Å². The van der Waals surface area contributed by atoms with Crippen molar-refractivity contribution in [2.45, 2.75) is 59.7 Å². The largest absolute Gasteiger partial charge is 0.498 e. The zero-order valence-corrected chi connectivity index (χ0v) is 89.8. The topological polar surface area (TPSA) is 379 Å². The molecule has 0 aliphatic heterocycles. The summed E-state index contributed by atoms with van der Waals surface area (Å²) in [4.78, 5) is 19.6. The highest BCUT2D eigenvalue weighted by Crippen LogP contribution is 2.29. The lowest BCUT2D eigenvalue weighted by molar-refractivity contribution is -0.156. The fraction of sp³-hybridized carbons (Fsp3) is 0.648. The summed E-state index contributed by atoms with van der Waals surface area (Å²) < 4.78 is 175. The molecular formula is C108H178O37. The molecule has 0 aromatic heterocycles. The molecule has 0 bridgehead atoms. The van der Waals surface area contributed by atoms with E-state index in [2.05, 4.69) is 54.8 Å². The maximum atomic E-state index is 10.9. The van der Waals surface area contributed by atoms with Crippen molar-refractivity contribution in [2.75, 3.05) is 407 Å². The second-order valence-corrected chi connectivity index (χ2v) is 31.8. The first-order valence-electron chi connectivity index (χ1n) is 49.0. The predicted octanol–water partition coefficient (Wildman–Crippen LogP) is 11.9. The molecule has 37 nitrogen and oxygen atoms in total. The molecule has 2 unspecified atom stereocenters. The minimum Gasteiger partial charge on any atom is -0.498 e. The molecule has 0 saturated heterocycles. The van der Waals surface area contributed by atoms with Crippen molar-refractivity contribution in [3.8, 4) is 0 Å². The quantitative estimate of drug-likeness (QED) is 0.0179. The molecule has 4 rings (SSSR count). The Balaban J connectivity index is 0.00000186. The SMILES string of the molecule is C=C(COCCOCCOCCOC)c1cccc(C(=C)COCCOCCOCCOC)c1.C=C(COCCOCCOCCOC)c1cccc(C(C)=COCCOCCOCCOC)c1.CC(=O)OC(C)=O.COCCOCCOCCOC=C(C)c1cccc(C(C)=COCCOCCOCCOC)c1.COCCOCCOCCOCC(C)(O)c1cccc(C(C)(O)COCCOCCOCCOC)c1. The van der Waals surface area contributed by atoms with E-state index in [-0.39, 0.29) is 13.2 Å². The molecule has 0 saturated carbocycles. The molecule has 37 heteroatoms. The Labute approximate surface area is 864 Å². The van der Waals surface area contributed by atoms with Crippen molar-refractivity contribution in [3.63, 3.8) is 0 Å². The van der Waals surface area contributed by atoms with Gasteiger partial charge < -0.3 is 167 Å². The number of methoxy groups -OCH3 is 8. The van der Waals surface area contributed by atoms with Crippen LogP contribution in [0.1, 0.15) is 93.0 Å². The lowest BCUT2D eigenvalue weighted by atomic mass is 9.90. The van der Waals surface area contributed by atoms with E-state index in [0.717, 1.165) is 66.8 Å². The number of hydrogen-bond donors (Lipinski definition) is 2. The van der Waals surface area contributed by atoms with E-state index in [4.69, 9.17) is 152 Å². The Kier molecular flexibility index (Phi) is 96.0. The number of hydrogen-bond acceptors (Lipinski definition) is 37. The first-order valence-corrected chi connectivity index (χ1v) is 49.0. The monoisotopic (exact) mass is 2070 g/mol. The van der Waals surface area contributed by atoms with Gasteiger partial charge >= 0.3 is 11.9 Å². The molecule has 4 aromatic carbocycles. The van der Waals surface area contributed by atoms with Crippen LogP contribution in [0, 0.1) is 0 Å². The van der Waals surface area contributed by atoms with Crippen LogP contribution in [0.5, 0.6) is 0 Å². The summed E-state index contributed by atoms with van der Waals surface area (Å²) in [5, 5.41) is 21.8. The first-order chi connectivity index (χ1) is 70.5. The molecule has 0 radical (unpaired) electrons. The number of benzene rings is 4. The Morgan fingerprint density at radius 3 is 0.600 bits per heavy atom. The molecule has 0 heterocycles. The third-order valence-electron chi connectivity index (χ3n) is 19.3. The van der Waals surface area contributed by atoms with Gasteiger partial charge in [-0.25, -0.2) is 0 Å². The molecule has 2 atom stereocenters. The van der Waals surface area contributed by atoms with E-state index in [1.165, 1.54) is 13.8 Å². The number of carbonyl (C=O) groups excluding carboxylic acids is 2. The molecule has 0 aliphatic carbocycles. The Morgan fingerprint density at radius 1 is 0.234 bits per heavy atom. The summed E-state index contributed by atoms with van der Waals surface area (Å²) in [6, 6.07) is 31.7. The number of carbonyl (C=O) groups is 2. The first kappa shape index (κ1) is 138. The lowest BCUT2D eigenvalue weighted by Gasteiger charge is -2.28. The number of rotatable bonds is 93. The maximum Gasteiger partial charge on any atom is 0.310 e. The Hall–Kier alpha value is -7.38. The molecule has 0 spiro atoms. The van der Waals surface area contributed by atoms with Crippen LogP contribution in [0.2, 0.25) is 0 Å². The highest BCUT2D eigenvalue weighted by Gasteiger charge is 2.29. The molecular weight excluding hydrogens is 1890 g/mol. The summed E-state index contributed by atoms with van der Waals surface area (Å²) in [5.41, 5.74) is 11.0. The molecule has 832 valence electrons. The average Bonchev–Trinajstić information content (AvgIpc) is 0.808. The predicted molar refractivity (Wildman–Crippen MR) is 555 cm³/mol. The van der Waals surface area contributed by atoms with Crippen molar-refractivity contribution >= 4 is 45.4 Å². The summed E-state index contributed by atoms with van der Waals surface area (Å²) in [6.45, 7) is 51.0. The fourth-order valence-corrected chi connectivity index (χ4v) is 11.3. The number of ether oxygens (including phenoxy) is 33. The van der Waals surface area contributed by atoms with E-state index in [1.54, 1.807) is 114 Å². The van der Waals surface area contributed by atoms with E-state index in [9.17, 15) is 19.8 Å². The van der Waals surface area contributed by atoms with Gasteiger partial charge in [0.2, 0.25) is 0 Å². The minimum absolute atomic E-state index is 0.0926. The summed E-state index contributed by atoms with van der Waals surface area (Å²) in [6.07, 6.45) is 5.29. The highest BCUT2D eigenvalue weighted by atomic mass is 16.6. The van der Waals surface area contributed by atoms with Crippen molar-refractivity contribution < 1.29 is 176 Å². The van der Waals surface area contributed by atoms with Crippen LogP contribution in [0.4, 0.5) is 0 Å². The highest BCUT2D eigenvalue weighted by molar-refractivity contribution is 5.82. The average molecular weight is 2070 g/mol. The van der Waals surface area contributed by atoms with Crippen molar-refractivity contribution in [2.24, 2.45) is 0 Å². The maximum absolute atomic E-state index is 10.9. The summed E-state index contributed by atoms with van der Waals surface area (Å²) in [5.74, 6) is -1.12. The fourth-order valence-electron chi connectivity index (χ4n) is 11.3. The normalized spacial score (nSPS) is 12.3. The molecule has 0 fully saturated rings. The van der Waals surface area contributed by atoms with Crippen LogP contribution in [-0.2, 0) is 177 Å². The van der Waals surface area contributed by atoms with Gasteiger partial charge in [0.05, 0.1) is 349 Å². The Bertz CT molecular complexity index is 3620. The van der Waals surface area contributed by atoms with Crippen molar-refractivity contribution in [1.29, 1.82) is 0 Å².